The highest BCUT2D eigenvalue weighted by atomic mass is 16.7. The number of benzene rings is 1. The number of carboxylic acid groups (broad SMARTS) is 1. The first-order valence-corrected chi connectivity index (χ1v) is 6.37. The zero-order valence-corrected chi connectivity index (χ0v) is 11.5. The Kier molecular flexibility index (Phi) is 3.83. The first-order valence-electron chi connectivity index (χ1n) is 6.37. The number of ether oxygens (including phenoxy) is 2. The zero-order chi connectivity index (χ0) is 14.0. The van der Waals surface area contributed by atoms with E-state index in [1.165, 1.54) is 0 Å². The first kappa shape index (κ1) is 13.5. The molecule has 1 aromatic rings. The number of rotatable bonds is 5. The lowest BCUT2D eigenvalue weighted by Gasteiger charge is -2.24. The van der Waals surface area contributed by atoms with Gasteiger partial charge in [-0.25, -0.2) is 0 Å². The van der Waals surface area contributed by atoms with Crippen LogP contribution in [0, 0.1) is 12.8 Å². The molecule has 0 fully saturated rings. The lowest BCUT2D eigenvalue weighted by Crippen LogP contribution is -2.30. The first-order chi connectivity index (χ1) is 9.02. The summed E-state index contributed by atoms with van der Waals surface area (Å²) in [6, 6.07) is 3.84. The highest BCUT2D eigenvalue weighted by Crippen LogP contribution is 2.38. The number of hydrogen-bond donors (Lipinski definition) is 1. The fourth-order valence-corrected chi connectivity index (χ4v) is 2.25. The molecule has 0 bridgehead atoms. The maximum absolute atomic E-state index is 11.1. The van der Waals surface area contributed by atoms with Gasteiger partial charge in [-0.15, -0.1) is 0 Å². The molecule has 1 unspecified atom stereocenters. The second-order valence-corrected chi connectivity index (χ2v) is 4.82. The minimum atomic E-state index is -0.757. The fourth-order valence-electron chi connectivity index (χ4n) is 2.25. The number of carboxylic acids is 1. The number of fused-ring (bicyclic) bond motifs is 1. The second-order valence-electron chi connectivity index (χ2n) is 4.82. The molecule has 2 rings (SSSR count). The number of aliphatic carboxylic acids is 1. The molecule has 1 aliphatic rings. The monoisotopic (exact) mass is 265 g/mol. The van der Waals surface area contributed by atoms with E-state index >= 15 is 0 Å². The van der Waals surface area contributed by atoms with Crippen LogP contribution in [0.2, 0.25) is 0 Å². The van der Waals surface area contributed by atoms with E-state index in [0.29, 0.717) is 13.0 Å². The van der Waals surface area contributed by atoms with Crippen LogP contribution in [0.1, 0.15) is 18.9 Å². The van der Waals surface area contributed by atoms with Crippen molar-refractivity contribution in [2.75, 3.05) is 25.3 Å². The Labute approximate surface area is 112 Å². The molecule has 1 aliphatic heterocycles. The quantitative estimate of drug-likeness (QED) is 0.885. The van der Waals surface area contributed by atoms with Gasteiger partial charge in [0.15, 0.2) is 11.5 Å². The normalized spacial score (nSPS) is 14.3. The molecule has 0 amide bonds. The van der Waals surface area contributed by atoms with Crippen LogP contribution in [0.5, 0.6) is 11.5 Å². The highest BCUT2D eigenvalue weighted by molar-refractivity contribution is 5.71. The molecule has 5 heteroatoms. The molecule has 0 aromatic heterocycles. The van der Waals surface area contributed by atoms with Crippen LogP contribution in [0.25, 0.3) is 0 Å². The molecule has 104 valence electrons. The van der Waals surface area contributed by atoms with Crippen molar-refractivity contribution < 1.29 is 19.4 Å². The van der Waals surface area contributed by atoms with Crippen LogP contribution in [0.15, 0.2) is 12.1 Å². The van der Waals surface area contributed by atoms with E-state index in [-0.39, 0.29) is 12.7 Å². The van der Waals surface area contributed by atoms with Crippen molar-refractivity contribution in [3.63, 3.8) is 0 Å². The Morgan fingerprint density at radius 2 is 2.05 bits per heavy atom. The highest BCUT2D eigenvalue weighted by Gasteiger charge is 2.21. The molecule has 1 atom stereocenters. The van der Waals surface area contributed by atoms with Gasteiger partial charge in [0.1, 0.15) is 0 Å². The molecule has 1 N–H and O–H groups in total. The topological polar surface area (TPSA) is 59.0 Å². The third-order valence-electron chi connectivity index (χ3n) is 3.44. The largest absolute Gasteiger partial charge is 0.481 e. The van der Waals surface area contributed by atoms with Crippen molar-refractivity contribution in [1.29, 1.82) is 0 Å². The van der Waals surface area contributed by atoms with Crippen molar-refractivity contribution in [2.45, 2.75) is 20.3 Å². The average Bonchev–Trinajstić information content (AvgIpc) is 2.81. The van der Waals surface area contributed by atoms with Gasteiger partial charge >= 0.3 is 5.97 Å². The molecule has 0 radical (unpaired) electrons. The van der Waals surface area contributed by atoms with Gasteiger partial charge < -0.3 is 19.5 Å². The van der Waals surface area contributed by atoms with Gasteiger partial charge in [-0.05, 0) is 25.0 Å². The van der Waals surface area contributed by atoms with E-state index in [1.54, 1.807) is 0 Å². The van der Waals surface area contributed by atoms with Crippen LogP contribution in [-0.2, 0) is 4.79 Å². The maximum atomic E-state index is 11.1. The van der Waals surface area contributed by atoms with Crippen molar-refractivity contribution in [2.24, 2.45) is 5.92 Å². The van der Waals surface area contributed by atoms with E-state index in [1.807, 2.05) is 37.9 Å². The smallest absolute Gasteiger partial charge is 0.308 e. The maximum Gasteiger partial charge on any atom is 0.308 e. The molecule has 0 spiro atoms. The van der Waals surface area contributed by atoms with Crippen LogP contribution in [0.3, 0.4) is 0 Å². The SMILES string of the molecule is CCC(CN(C)c1cc2c(cc1C)OCO2)C(=O)O. The van der Waals surface area contributed by atoms with Crippen molar-refractivity contribution in [3.05, 3.63) is 17.7 Å². The summed E-state index contributed by atoms with van der Waals surface area (Å²) in [6.07, 6.45) is 0.614. The van der Waals surface area contributed by atoms with E-state index < -0.39 is 5.97 Å². The molecule has 0 saturated heterocycles. The van der Waals surface area contributed by atoms with Crippen molar-refractivity contribution >= 4 is 11.7 Å². The van der Waals surface area contributed by atoms with Gasteiger partial charge in [-0.2, -0.15) is 0 Å². The van der Waals surface area contributed by atoms with Crippen molar-refractivity contribution in [1.82, 2.24) is 0 Å². The second kappa shape index (κ2) is 5.38. The molecular weight excluding hydrogens is 246 g/mol. The Bertz CT molecular complexity index is 487. The summed E-state index contributed by atoms with van der Waals surface area (Å²) in [4.78, 5) is 13.1. The number of anilines is 1. The molecule has 19 heavy (non-hydrogen) atoms. The van der Waals surface area contributed by atoms with Gasteiger partial charge in [0.25, 0.3) is 0 Å². The molecule has 0 aliphatic carbocycles. The summed E-state index contributed by atoms with van der Waals surface area (Å²) in [5.74, 6) is 0.346. The average molecular weight is 265 g/mol. The van der Waals surface area contributed by atoms with Gasteiger partial charge in [0.05, 0.1) is 5.92 Å². The summed E-state index contributed by atoms with van der Waals surface area (Å²) < 4.78 is 10.7. The van der Waals surface area contributed by atoms with Gasteiger partial charge in [-0.1, -0.05) is 6.92 Å². The van der Waals surface area contributed by atoms with Crippen molar-refractivity contribution in [3.8, 4) is 11.5 Å². The minimum Gasteiger partial charge on any atom is -0.481 e. The van der Waals surface area contributed by atoms with Gasteiger partial charge in [0, 0.05) is 25.3 Å². The molecule has 0 saturated carbocycles. The van der Waals surface area contributed by atoms with Crippen LogP contribution in [-0.4, -0.2) is 31.5 Å². The Morgan fingerprint density at radius 3 is 2.63 bits per heavy atom. The summed E-state index contributed by atoms with van der Waals surface area (Å²) >= 11 is 0. The fraction of sp³-hybridized carbons (Fsp3) is 0.500. The standard InChI is InChI=1S/C14H19NO4/c1-4-10(14(16)17)7-15(3)11-6-13-12(5-9(11)2)18-8-19-13/h5-6,10H,4,7-8H2,1-3H3,(H,16,17). The molecule has 1 aromatic carbocycles. The molecular formula is C14H19NO4. The molecule has 1 heterocycles. The predicted molar refractivity (Wildman–Crippen MR) is 72.0 cm³/mol. The van der Waals surface area contributed by atoms with E-state index in [0.717, 1.165) is 22.7 Å². The summed E-state index contributed by atoms with van der Waals surface area (Å²) in [5.41, 5.74) is 2.02. The number of aryl methyl sites for hydroxylation is 1. The minimum absolute atomic E-state index is 0.245. The summed E-state index contributed by atoms with van der Waals surface area (Å²) in [7, 11) is 1.90. The third kappa shape index (κ3) is 2.75. The molecule has 5 nitrogen and oxygen atoms in total. The van der Waals surface area contributed by atoms with Crippen LogP contribution in [0.4, 0.5) is 5.69 Å². The van der Waals surface area contributed by atoms with Crippen LogP contribution >= 0.6 is 0 Å². The Morgan fingerprint density at radius 1 is 1.42 bits per heavy atom. The number of carbonyl (C=O) groups is 1. The summed E-state index contributed by atoms with van der Waals surface area (Å²) in [5, 5.41) is 9.12. The van der Waals surface area contributed by atoms with E-state index in [4.69, 9.17) is 14.6 Å². The lowest BCUT2D eigenvalue weighted by atomic mass is 10.1. The van der Waals surface area contributed by atoms with E-state index in [9.17, 15) is 4.79 Å². The number of nitrogens with zero attached hydrogens (tertiary/aromatic N) is 1. The predicted octanol–water partition coefficient (Wildman–Crippen LogP) is 2.27. The lowest BCUT2D eigenvalue weighted by molar-refractivity contribution is -0.141. The van der Waals surface area contributed by atoms with Gasteiger partial charge in [0.2, 0.25) is 6.79 Å². The number of hydrogen-bond acceptors (Lipinski definition) is 4. The van der Waals surface area contributed by atoms with Crippen LogP contribution < -0.4 is 14.4 Å². The van der Waals surface area contributed by atoms with E-state index in [2.05, 4.69) is 0 Å². The zero-order valence-electron chi connectivity index (χ0n) is 11.5. The Balaban J connectivity index is 2.19. The Hall–Kier alpha value is -1.91. The summed E-state index contributed by atoms with van der Waals surface area (Å²) in [6.45, 7) is 4.59. The third-order valence-corrected chi connectivity index (χ3v) is 3.44. The van der Waals surface area contributed by atoms with Gasteiger partial charge in [-0.3, -0.25) is 4.79 Å².